The molecule has 4 rings (SSSR count). The van der Waals surface area contributed by atoms with Gasteiger partial charge >= 0.3 is 12.0 Å². The van der Waals surface area contributed by atoms with Crippen LogP contribution in [0.2, 0.25) is 0 Å². The van der Waals surface area contributed by atoms with Gasteiger partial charge in [-0.1, -0.05) is 62.4 Å². The Labute approximate surface area is 217 Å². The lowest BCUT2D eigenvalue weighted by molar-refractivity contribution is -0.119. The molecule has 3 N–H and O–H groups in total. The van der Waals surface area contributed by atoms with Crippen LogP contribution >= 0.6 is 0 Å². The van der Waals surface area contributed by atoms with Crippen molar-refractivity contribution in [3.8, 4) is 11.1 Å². The molecule has 2 atom stereocenters. The molecule has 0 radical (unpaired) electrons. The number of aromatic carboxylic acids is 1. The molecule has 0 saturated carbocycles. The Morgan fingerprint density at radius 3 is 1.97 bits per heavy atom. The highest BCUT2D eigenvalue weighted by Crippen LogP contribution is 2.25. The Morgan fingerprint density at radius 1 is 0.838 bits per heavy atom. The summed E-state index contributed by atoms with van der Waals surface area (Å²) in [5.41, 5.74) is 4.94. The molecule has 1 aliphatic heterocycles. The first-order valence-corrected chi connectivity index (χ1v) is 12.6. The molecule has 0 spiro atoms. The van der Waals surface area contributed by atoms with Crippen LogP contribution in [-0.4, -0.2) is 40.5 Å². The molecule has 0 unspecified atom stereocenters. The molecule has 192 valence electrons. The number of hydrogen-bond donors (Lipinski definition) is 3. The SMILES string of the molecule is CC(C)c1ccc([C@H](C)NC(=O)N2CCC[C@@H]2C(=O)Nc2ccc(-c3ccc(C(=O)O)cc3)cc2)cc1. The fourth-order valence-electron chi connectivity index (χ4n) is 4.58. The molecule has 1 heterocycles. The van der Waals surface area contributed by atoms with Gasteiger partial charge in [0.2, 0.25) is 5.91 Å². The van der Waals surface area contributed by atoms with Crippen molar-refractivity contribution in [2.24, 2.45) is 0 Å². The predicted octanol–water partition coefficient (Wildman–Crippen LogP) is 6.05. The van der Waals surface area contributed by atoms with Crippen LogP contribution in [0.4, 0.5) is 10.5 Å². The monoisotopic (exact) mass is 499 g/mol. The minimum absolute atomic E-state index is 0.171. The first-order chi connectivity index (χ1) is 17.7. The molecule has 0 aliphatic carbocycles. The van der Waals surface area contributed by atoms with E-state index < -0.39 is 12.0 Å². The normalized spacial score (nSPS) is 15.9. The van der Waals surface area contributed by atoms with Crippen molar-refractivity contribution < 1.29 is 19.5 Å². The third-order valence-electron chi connectivity index (χ3n) is 6.88. The molecular formula is C30H33N3O4. The van der Waals surface area contributed by atoms with Crippen molar-refractivity contribution >= 4 is 23.6 Å². The number of carbonyl (C=O) groups is 3. The molecule has 3 aromatic rings. The summed E-state index contributed by atoms with van der Waals surface area (Å²) in [5.74, 6) is -0.724. The van der Waals surface area contributed by atoms with Gasteiger partial charge in [0.15, 0.2) is 0 Å². The van der Waals surface area contributed by atoms with Gasteiger partial charge in [0.05, 0.1) is 11.6 Å². The van der Waals surface area contributed by atoms with Gasteiger partial charge in [-0.25, -0.2) is 9.59 Å². The second-order valence-electron chi connectivity index (χ2n) is 9.79. The quantitative estimate of drug-likeness (QED) is 0.369. The fraction of sp³-hybridized carbons (Fsp3) is 0.300. The van der Waals surface area contributed by atoms with Gasteiger partial charge in [0, 0.05) is 12.2 Å². The second kappa shape index (κ2) is 11.3. The standard InChI is InChI=1S/C30H33N3O4/c1-19(2)21-6-8-22(9-7-21)20(3)31-30(37)33-18-4-5-27(33)28(34)32-26-16-14-24(15-17-26)23-10-12-25(13-11-23)29(35)36/h6-17,19-20,27H,4-5,18H2,1-3H3,(H,31,37)(H,32,34)(H,35,36)/t20-,27+/m0/s1. The zero-order chi connectivity index (χ0) is 26.5. The number of carboxylic acid groups (broad SMARTS) is 1. The van der Waals surface area contributed by atoms with E-state index in [4.69, 9.17) is 5.11 Å². The fourth-order valence-corrected chi connectivity index (χ4v) is 4.58. The number of nitrogens with zero attached hydrogens (tertiary/aromatic N) is 1. The summed E-state index contributed by atoms with van der Waals surface area (Å²) < 4.78 is 0. The molecule has 0 aromatic heterocycles. The second-order valence-corrected chi connectivity index (χ2v) is 9.79. The molecule has 1 aliphatic rings. The van der Waals surface area contributed by atoms with Crippen molar-refractivity contribution in [3.05, 3.63) is 89.5 Å². The number of carbonyl (C=O) groups excluding carboxylic acids is 2. The number of benzene rings is 3. The molecule has 7 heteroatoms. The van der Waals surface area contributed by atoms with Gasteiger partial charge in [-0.3, -0.25) is 4.79 Å². The third-order valence-corrected chi connectivity index (χ3v) is 6.88. The van der Waals surface area contributed by atoms with Gasteiger partial charge in [-0.2, -0.15) is 0 Å². The highest BCUT2D eigenvalue weighted by Gasteiger charge is 2.34. The van der Waals surface area contributed by atoms with Gasteiger partial charge in [0.25, 0.3) is 0 Å². The molecule has 37 heavy (non-hydrogen) atoms. The number of rotatable bonds is 7. The summed E-state index contributed by atoms with van der Waals surface area (Å²) in [5, 5.41) is 15.0. The van der Waals surface area contributed by atoms with Crippen molar-refractivity contribution in [1.82, 2.24) is 10.2 Å². The van der Waals surface area contributed by atoms with Crippen molar-refractivity contribution in [1.29, 1.82) is 0 Å². The van der Waals surface area contributed by atoms with E-state index in [1.807, 2.05) is 31.2 Å². The molecule has 1 fully saturated rings. The number of urea groups is 1. The van der Waals surface area contributed by atoms with Crippen LogP contribution in [0.1, 0.15) is 67.1 Å². The van der Waals surface area contributed by atoms with E-state index >= 15 is 0 Å². The summed E-state index contributed by atoms with van der Waals surface area (Å²) in [6, 6.07) is 21.3. The number of carboxylic acids is 1. The van der Waals surface area contributed by atoms with E-state index in [1.54, 1.807) is 41.3 Å². The highest BCUT2D eigenvalue weighted by atomic mass is 16.4. The number of hydrogen-bond acceptors (Lipinski definition) is 3. The molecule has 0 bridgehead atoms. The number of likely N-dealkylation sites (tertiary alicyclic amines) is 1. The van der Waals surface area contributed by atoms with Gasteiger partial charge in [0.1, 0.15) is 6.04 Å². The summed E-state index contributed by atoms with van der Waals surface area (Å²) in [6.45, 7) is 6.78. The van der Waals surface area contributed by atoms with Crippen molar-refractivity contribution in [2.45, 2.75) is 51.6 Å². The van der Waals surface area contributed by atoms with Gasteiger partial charge in [-0.15, -0.1) is 0 Å². The molecule has 7 nitrogen and oxygen atoms in total. The first-order valence-electron chi connectivity index (χ1n) is 12.6. The van der Waals surface area contributed by atoms with Crippen LogP contribution in [0.25, 0.3) is 11.1 Å². The minimum Gasteiger partial charge on any atom is -0.478 e. The van der Waals surface area contributed by atoms with Crippen LogP contribution in [-0.2, 0) is 4.79 Å². The average Bonchev–Trinajstić information content (AvgIpc) is 3.40. The maximum absolute atomic E-state index is 13.1. The molecule has 3 aromatic carbocycles. The lowest BCUT2D eigenvalue weighted by Gasteiger charge is -2.26. The molecule has 3 amide bonds. The van der Waals surface area contributed by atoms with E-state index in [2.05, 4.69) is 36.6 Å². The summed E-state index contributed by atoms with van der Waals surface area (Å²) >= 11 is 0. The van der Waals surface area contributed by atoms with Crippen LogP contribution < -0.4 is 10.6 Å². The third kappa shape index (κ3) is 6.17. The van der Waals surface area contributed by atoms with E-state index in [1.165, 1.54) is 5.56 Å². The summed E-state index contributed by atoms with van der Waals surface area (Å²) in [6.07, 6.45) is 1.39. The minimum atomic E-state index is -0.964. The maximum atomic E-state index is 13.1. The zero-order valence-corrected chi connectivity index (χ0v) is 21.4. The molecular weight excluding hydrogens is 466 g/mol. The van der Waals surface area contributed by atoms with Crippen LogP contribution in [0.5, 0.6) is 0 Å². The zero-order valence-electron chi connectivity index (χ0n) is 21.4. The van der Waals surface area contributed by atoms with Crippen LogP contribution in [0.3, 0.4) is 0 Å². The highest BCUT2D eigenvalue weighted by molar-refractivity contribution is 5.97. The smallest absolute Gasteiger partial charge is 0.335 e. The first kappa shape index (κ1) is 25.9. The topological polar surface area (TPSA) is 98.7 Å². The lowest BCUT2D eigenvalue weighted by atomic mass is 10.00. The van der Waals surface area contributed by atoms with Crippen LogP contribution in [0.15, 0.2) is 72.8 Å². The lowest BCUT2D eigenvalue weighted by Crippen LogP contribution is -2.48. The Hall–Kier alpha value is -4.13. The van der Waals surface area contributed by atoms with E-state index in [0.29, 0.717) is 24.6 Å². The van der Waals surface area contributed by atoms with E-state index in [0.717, 1.165) is 23.1 Å². The van der Waals surface area contributed by atoms with Gasteiger partial charge in [-0.05, 0) is 72.2 Å². The Kier molecular flexibility index (Phi) is 7.92. The van der Waals surface area contributed by atoms with E-state index in [9.17, 15) is 14.4 Å². The number of amides is 3. The maximum Gasteiger partial charge on any atom is 0.335 e. The summed E-state index contributed by atoms with van der Waals surface area (Å²) in [7, 11) is 0. The number of nitrogens with one attached hydrogen (secondary N) is 2. The van der Waals surface area contributed by atoms with E-state index in [-0.39, 0.29) is 23.5 Å². The number of anilines is 1. The largest absolute Gasteiger partial charge is 0.478 e. The Morgan fingerprint density at radius 2 is 1.41 bits per heavy atom. The van der Waals surface area contributed by atoms with Crippen molar-refractivity contribution in [2.75, 3.05) is 11.9 Å². The van der Waals surface area contributed by atoms with Crippen molar-refractivity contribution in [3.63, 3.8) is 0 Å². The summed E-state index contributed by atoms with van der Waals surface area (Å²) in [4.78, 5) is 38.8. The van der Waals surface area contributed by atoms with Crippen LogP contribution in [0, 0.1) is 0 Å². The van der Waals surface area contributed by atoms with Gasteiger partial charge < -0.3 is 20.6 Å². The Balaban J connectivity index is 1.36. The predicted molar refractivity (Wildman–Crippen MR) is 145 cm³/mol. The average molecular weight is 500 g/mol. The Bertz CT molecular complexity index is 1250. The molecule has 1 saturated heterocycles.